The van der Waals surface area contributed by atoms with E-state index in [1.54, 1.807) is 18.3 Å². The summed E-state index contributed by atoms with van der Waals surface area (Å²) in [5.41, 5.74) is 0.751. The summed E-state index contributed by atoms with van der Waals surface area (Å²) in [5.74, 6) is 1.51. The first kappa shape index (κ1) is 9.59. The van der Waals surface area contributed by atoms with Crippen LogP contribution in [0.25, 0.3) is 5.65 Å². The Bertz CT molecular complexity index is 552. The molecule has 5 nitrogen and oxygen atoms in total. The lowest BCUT2D eigenvalue weighted by Gasteiger charge is -2.04. The second-order valence-corrected chi connectivity index (χ2v) is 4.19. The molecule has 1 N–H and O–H groups in total. The fraction of sp³-hybridized carbons (Fsp3) is 0.455. The summed E-state index contributed by atoms with van der Waals surface area (Å²) in [6.45, 7) is 1.66. The first-order chi connectivity index (χ1) is 7.83. The number of aromatic nitrogens is 3. The third-order valence-corrected chi connectivity index (χ3v) is 3.00. The summed E-state index contributed by atoms with van der Waals surface area (Å²) >= 11 is 0. The van der Waals surface area contributed by atoms with Gasteiger partial charge in [-0.1, -0.05) is 0 Å². The van der Waals surface area contributed by atoms with Gasteiger partial charge in [-0.3, -0.25) is 14.3 Å². The number of hydrogen-bond acceptors (Lipinski definition) is 3. The van der Waals surface area contributed by atoms with Gasteiger partial charge >= 0.3 is 0 Å². The van der Waals surface area contributed by atoms with Crippen molar-refractivity contribution in [3.05, 3.63) is 34.4 Å². The molecule has 1 saturated heterocycles. The van der Waals surface area contributed by atoms with E-state index in [9.17, 15) is 4.79 Å². The largest absolute Gasteiger partial charge is 0.381 e. The molecule has 0 radical (unpaired) electrons. The number of H-pyrrole nitrogens is 1. The quantitative estimate of drug-likeness (QED) is 0.804. The third kappa shape index (κ3) is 1.63. The second-order valence-electron chi connectivity index (χ2n) is 4.19. The van der Waals surface area contributed by atoms with Gasteiger partial charge < -0.3 is 4.74 Å². The second kappa shape index (κ2) is 3.75. The van der Waals surface area contributed by atoms with Crippen LogP contribution in [0, 0.1) is 5.92 Å². The van der Waals surface area contributed by atoms with Gasteiger partial charge in [-0.05, 0) is 12.3 Å². The number of fused-ring (bicyclic) bond motifs is 1. The van der Waals surface area contributed by atoms with Crippen LogP contribution in [0.5, 0.6) is 0 Å². The highest BCUT2D eigenvalue weighted by Crippen LogP contribution is 2.17. The van der Waals surface area contributed by atoms with E-state index < -0.39 is 0 Å². The topological polar surface area (TPSA) is 59.4 Å². The van der Waals surface area contributed by atoms with Gasteiger partial charge in [0.15, 0.2) is 5.43 Å². The summed E-state index contributed by atoms with van der Waals surface area (Å²) in [5, 5.41) is 7.12. The summed E-state index contributed by atoms with van der Waals surface area (Å²) < 4.78 is 7.27. The summed E-state index contributed by atoms with van der Waals surface area (Å²) in [7, 11) is 0. The van der Waals surface area contributed by atoms with E-state index >= 15 is 0 Å². The van der Waals surface area contributed by atoms with Crippen molar-refractivity contribution < 1.29 is 4.74 Å². The van der Waals surface area contributed by atoms with Gasteiger partial charge in [0.05, 0.1) is 0 Å². The van der Waals surface area contributed by atoms with Gasteiger partial charge in [0.25, 0.3) is 0 Å². The molecule has 1 unspecified atom stereocenters. The fourth-order valence-corrected chi connectivity index (χ4v) is 2.11. The van der Waals surface area contributed by atoms with E-state index in [0.717, 1.165) is 37.5 Å². The average molecular weight is 219 g/mol. The molecule has 1 fully saturated rings. The predicted octanol–water partition coefficient (Wildman–Crippen LogP) is 0.602. The molecule has 2 aromatic rings. The lowest BCUT2D eigenvalue weighted by molar-refractivity contribution is 0.185. The number of rotatable bonds is 2. The summed E-state index contributed by atoms with van der Waals surface area (Å²) in [6.07, 6.45) is 3.75. The molecular weight excluding hydrogens is 206 g/mol. The molecule has 1 aliphatic rings. The van der Waals surface area contributed by atoms with Crippen molar-refractivity contribution in [1.82, 2.24) is 14.6 Å². The van der Waals surface area contributed by atoms with Crippen LogP contribution in [0.15, 0.2) is 23.1 Å². The molecule has 0 amide bonds. The molecule has 16 heavy (non-hydrogen) atoms. The minimum atomic E-state index is -0.000556. The zero-order valence-electron chi connectivity index (χ0n) is 8.85. The maximum absolute atomic E-state index is 11.2. The highest BCUT2D eigenvalue weighted by Gasteiger charge is 2.18. The molecule has 2 aromatic heterocycles. The standard InChI is InChI=1S/C11H13N3O2/c15-9-1-3-14-10(12-13-11(14)6-9)5-8-2-4-16-7-8/h1,3,6,8,13H,2,4-5,7H2. The molecule has 84 valence electrons. The number of pyridine rings is 1. The van der Waals surface area contributed by atoms with E-state index in [2.05, 4.69) is 10.2 Å². The maximum Gasteiger partial charge on any atom is 0.183 e. The van der Waals surface area contributed by atoms with Crippen LogP contribution in [-0.2, 0) is 11.2 Å². The van der Waals surface area contributed by atoms with Crippen LogP contribution in [-0.4, -0.2) is 27.8 Å². The lowest BCUT2D eigenvalue weighted by Crippen LogP contribution is -2.08. The molecule has 0 saturated carbocycles. The van der Waals surface area contributed by atoms with Crippen LogP contribution in [0.4, 0.5) is 0 Å². The van der Waals surface area contributed by atoms with Crippen LogP contribution in [0.2, 0.25) is 0 Å². The SMILES string of the molecule is O=c1ccn2c(CC3CCOC3)n[nH]c2c1. The highest BCUT2D eigenvalue weighted by molar-refractivity contribution is 5.37. The monoisotopic (exact) mass is 219 g/mol. The Labute approximate surface area is 92.1 Å². The number of nitrogens with zero attached hydrogens (tertiary/aromatic N) is 2. The van der Waals surface area contributed by atoms with E-state index in [1.165, 1.54) is 0 Å². The Morgan fingerprint density at radius 2 is 2.56 bits per heavy atom. The van der Waals surface area contributed by atoms with Crippen LogP contribution in [0.3, 0.4) is 0 Å². The Morgan fingerprint density at radius 1 is 1.62 bits per heavy atom. The summed E-state index contributed by atoms with van der Waals surface area (Å²) in [4.78, 5) is 11.2. The third-order valence-electron chi connectivity index (χ3n) is 3.00. The van der Waals surface area contributed by atoms with Crippen LogP contribution < -0.4 is 5.43 Å². The first-order valence-electron chi connectivity index (χ1n) is 5.46. The fourth-order valence-electron chi connectivity index (χ4n) is 2.11. The van der Waals surface area contributed by atoms with Gasteiger partial charge in [-0.25, -0.2) is 0 Å². The molecule has 5 heteroatoms. The van der Waals surface area contributed by atoms with Gasteiger partial charge in [-0.2, -0.15) is 5.10 Å². The molecule has 1 atom stereocenters. The van der Waals surface area contributed by atoms with Crippen molar-refractivity contribution in [2.24, 2.45) is 5.92 Å². The molecule has 0 spiro atoms. The number of aromatic amines is 1. The van der Waals surface area contributed by atoms with E-state index in [4.69, 9.17) is 4.74 Å². The van der Waals surface area contributed by atoms with Crippen molar-refractivity contribution in [1.29, 1.82) is 0 Å². The molecular formula is C11H13N3O2. The molecule has 1 aliphatic heterocycles. The van der Waals surface area contributed by atoms with E-state index in [1.807, 2.05) is 4.40 Å². The maximum atomic E-state index is 11.2. The lowest BCUT2D eigenvalue weighted by atomic mass is 10.1. The van der Waals surface area contributed by atoms with Crippen molar-refractivity contribution in [2.75, 3.05) is 13.2 Å². The Morgan fingerprint density at radius 3 is 3.38 bits per heavy atom. The number of hydrogen-bond donors (Lipinski definition) is 1. The molecule has 0 aliphatic carbocycles. The zero-order chi connectivity index (χ0) is 11.0. The first-order valence-corrected chi connectivity index (χ1v) is 5.46. The van der Waals surface area contributed by atoms with E-state index in [0.29, 0.717) is 5.92 Å². The zero-order valence-corrected chi connectivity index (χ0v) is 8.85. The average Bonchev–Trinajstić information content (AvgIpc) is 2.89. The van der Waals surface area contributed by atoms with Crippen molar-refractivity contribution in [2.45, 2.75) is 12.8 Å². The number of nitrogens with one attached hydrogen (secondary N) is 1. The Hall–Kier alpha value is -1.62. The van der Waals surface area contributed by atoms with Crippen molar-refractivity contribution in [3.8, 4) is 0 Å². The smallest absolute Gasteiger partial charge is 0.183 e. The minimum absolute atomic E-state index is 0.000556. The minimum Gasteiger partial charge on any atom is -0.381 e. The van der Waals surface area contributed by atoms with Gasteiger partial charge in [0.2, 0.25) is 0 Å². The highest BCUT2D eigenvalue weighted by atomic mass is 16.5. The van der Waals surface area contributed by atoms with Gasteiger partial charge in [0.1, 0.15) is 11.5 Å². The van der Waals surface area contributed by atoms with Crippen molar-refractivity contribution in [3.63, 3.8) is 0 Å². The van der Waals surface area contributed by atoms with Gasteiger partial charge in [0, 0.05) is 38.0 Å². The Balaban J connectivity index is 1.94. The molecule has 0 aromatic carbocycles. The normalized spacial score (nSPS) is 20.6. The number of ether oxygens (including phenoxy) is 1. The molecule has 0 bridgehead atoms. The molecule has 3 rings (SSSR count). The predicted molar refractivity (Wildman–Crippen MR) is 58.4 cm³/mol. The Kier molecular flexibility index (Phi) is 2.25. The van der Waals surface area contributed by atoms with Crippen molar-refractivity contribution >= 4 is 5.65 Å². The summed E-state index contributed by atoms with van der Waals surface area (Å²) in [6, 6.07) is 3.11. The van der Waals surface area contributed by atoms with E-state index in [-0.39, 0.29) is 5.43 Å². The van der Waals surface area contributed by atoms with Gasteiger partial charge in [-0.15, -0.1) is 0 Å². The van der Waals surface area contributed by atoms with Crippen LogP contribution in [0.1, 0.15) is 12.2 Å². The molecule has 3 heterocycles. The van der Waals surface area contributed by atoms with Crippen LogP contribution >= 0.6 is 0 Å².